The lowest BCUT2D eigenvalue weighted by molar-refractivity contribution is -0.124. The zero-order chi connectivity index (χ0) is 31.6. The molecule has 0 aromatic carbocycles. The minimum atomic E-state index is -0.922. The summed E-state index contributed by atoms with van der Waals surface area (Å²) >= 11 is 0. The second kappa shape index (κ2) is 34.0. The van der Waals surface area contributed by atoms with E-state index < -0.39 is 18.2 Å². The quantitative estimate of drug-likeness (QED) is 0.0432. The van der Waals surface area contributed by atoms with Crippen LogP contribution >= 0.6 is 0 Å². The number of carbonyl (C=O) groups excluding carboxylic acids is 1. The molecule has 0 rings (SSSR count). The zero-order valence-corrected chi connectivity index (χ0v) is 28.8. The van der Waals surface area contributed by atoms with Gasteiger partial charge in [-0.25, -0.2) is 0 Å². The molecule has 3 unspecified atom stereocenters. The Morgan fingerprint density at radius 2 is 0.953 bits per heavy atom. The highest BCUT2D eigenvalue weighted by molar-refractivity contribution is 5.76. The second-order valence-electron chi connectivity index (χ2n) is 13.2. The van der Waals surface area contributed by atoms with Gasteiger partial charge in [-0.3, -0.25) is 4.79 Å². The highest BCUT2D eigenvalue weighted by atomic mass is 16.3. The van der Waals surface area contributed by atoms with Gasteiger partial charge in [-0.1, -0.05) is 187 Å². The molecule has 0 aromatic heterocycles. The maximum absolute atomic E-state index is 12.4. The smallest absolute Gasteiger partial charge is 0.222 e. The van der Waals surface area contributed by atoms with E-state index in [-0.39, 0.29) is 18.9 Å². The van der Waals surface area contributed by atoms with Crippen LogP contribution < -0.4 is 5.32 Å². The number of unbranched alkanes of at least 4 members (excludes halogenated alkanes) is 25. The number of allylic oxidation sites excluding steroid dienone is 1. The van der Waals surface area contributed by atoms with E-state index in [9.17, 15) is 20.1 Å². The number of amides is 1. The van der Waals surface area contributed by atoms with Gasteiger partial charge in [0.05, 0.1) is 31.3 Å². The summed E-state index contributed by atoms with van der Waals surface area (Å²) in [5.74, 6) is -0.315. The number of hydrogen-bond acceptors (Lipinski definition) is 4. The SMILES string of the molecule is CCCCCCCCCCCCC/C=C/C(O)C(CO)NC(=O)CC(O)CCCCCCCCCCCCCCCCC. The maximum Gasteiger partial charge on any atom is 0.222 e. The lowest BCUT2D eigenvalue weighted by Gasteiger charge is -2.21. The first-order valence-corrected chi connectivity index (χ1v) is 19.0. The summed E-state index contributed by atoms with van der Waals surface area (Å²) in [4.78, 5) is 12.4. The van der Waals surface area contributed by atoms with Crippen LogP contribution in [0.2, 0.25) is 0 Å². The van der Waals surface area contributed by atoms with Crippen molar-refractivity contribution >= 4 is 5.91 Å². The van der Waals surface area contributed by atoms with Gasteiger partial charge >= 0.3 is 0 Å². The molecule has 1 amide bonds. The summed E-state index contributed by atoms with van der Waals surface area (Å²) < 4.78 is 0. The molecule has 0 aromatic rings. The summed E-state index contributed by atoms with van der Waals surface area (Å²) in [5, 5.41) is 33.0. The lowest BCUT2D eigenvalue weighted by atomic mass is 10.0. The molecule has 5 nitrogen and oxygen atoms in total. The molecule has 0 saturated heterocycles. The predicted octanol–water partition coefficient (Wildman–Crippen LogP) is 10.1. The molecule has 0 bridgehead atoms. The van der Waals surface area contributed by atoms with Crippen molar-refractivity contribution < 1.29 is 20.1 Å². The van der Waals surface area contributed by atoms with Crippen LogP contribution in [-0.4, -0.2) is 46.1 Å². The number of rotatable bonds is 34. The molecule has 0 radical (unpaired) electrons. The first-order valence-electron chi connectivity index (χ1n) is 19.0. The fourth-order valence-corrected chi connectivity index (χ4v) is 5.87. The molecule has 0 heterocycles. The van der Waals surface area contributed by atoms with Gasteiger partial charge in [0, 0.05) is 0 Å². The molecular formula is C38H75NO4. The Balaban J connectivity index is 3.70. The summed E-state index contributed by atoms with van der Waals surface area (Å²) in [6.07, 6.45) is 37.6. The first kappa shape index (κ1) is 42.1. The average Bonchev–Trinajstić information content (AvgIpc) is 3.00. The van der Waals surface area contributed by atoms with Crippen molar-refractivity contribution in [1.29, 1.82) is 0 Å². The lowest BCUT2D eigenvalue weighted by Crippen LogP contribution is -2.45. The van der Waals surface area contributed by atoms with Crippen molar-refractivity contribution in [3.8, 4) is 0 Å². The minimum absolute atomic E-state index is 0.0181. The van der Waals surface area contributed by atoms with Crippen molar-refractivity contribution in [3.05, 3.63) is 12.2 Å². The topological polar surface area (TPSA) is 89.8 Å². The number of carbonyl (C=O) groups is 1. The molecule has 0 saturated carbocycles. The number of nitrogens with one attached hydrogen (secondary N) is 1. The normalized spacial score (nSPS) is 13.9. The summed E-state index contributed by atoms with van der Waals surface area (Å²) in [7, 11) is 0. The van der Waals surface area contributed by atoms with Gasteiger partial charge in [0.2, 0.25) is 5.91 Å². The molecular weight excluding hydrogens is 534 g/mol. The molecule has 0 spiro atoms. The third-order valence-electron chi connectivity index (χ3n) is 8.82. The van der Waals surface area contributed by atoms with Crippen molar-refractivity contribution in [1.82, 2.24) is 5.32 Å². The van der Waals surface area contributed by atoms with Gasteiger partial charge in [0.1, 0.15) is 0 Å². The summed E-state index contributed by atoms with van der Waals surface area (Å²) in [6, 6.07) is -0.737. The number of aliphatic hydroxyl groups is 3. The Morgan fingerprint density at radius 1 is 0.581 bits per heavy atom. The van der Waals surface area contributed by atoms with Crippen molar-refractivity contribution in [3.63, 3.8) is 0 Å². The number of aliphatic hydroxyl groups excluding tert-OH is 3. The summed E-state index contributed by atoms with van der Waals surface area (Å²) in [6.45, 7) is 4.20. The van der Waals surface area contributed by atoms with Crippen LogP contribution in [0.5, 0.6) is 0 Å². The average molecular weight is 610 g/mol. The summed E-state index contributed by atoms with van der Waals surface area (Å²) in [5.41, 5.74) is 0. The molecule has 0 aliphatic carbocycles. The third kappa shape index (κ3) is 30.9. The van der Waals surface area contributed by atoms with E-state index in [1.165, 1.54) is 148 Å². The first-order chi connectivity index (χ1) is 21.0. The highest BCUT2D eigenvalue weighted by Crippen LogP contribution is 2.15. The van der Waals surface area contributed by atoms with Crippen LogP contribution in [0.3, 0.4) is 0 Å². The fourth-order valence-electron chi connectivity index (χ4n) is 5.87. The Hall–Kier alpha value is -0.910. The van der Waals surface area contributed by atoms with Crippen LogP contribution in [0.25, 0.3) is 0 Å². The van der Waals surface area contributed by atoms with Crippen LogP contribution in [0.4, 0.5) is 0 Å². The van der Waals surface area contributed by atoms with Gasteiger partial charge in [0.15, 0.2) is 0 Å². The van der Waals surface area contributed by atoms with Crippen molar-refractivity contribution in [2.24, 2.45) is 0 Å². The van der Waals surface area contributed by atoms with Crippen molar-refractivity contribution in [2.45, 2.75) is 218 Å². The Bertz CT molecular complexity index is 596. The standard InChI is InChI=1S/C38H75NO4/c1-3-5-7-9-11-13-15-17-18-20-21-23-25-27-29-31-35(41)33-38(43)39-36(34-40)37(42)32-30-28-26-24-22-19-16-14-12-10-8-6-4-2/h30,32,35-37,40-42H,3-29,31,33-34H2,1-2H3,(H,39,43)/b32-30+. The Morgan fingerprint density at radius 3 is 1.35 bits per heavy atom. The van der Waals surface area contributed by atoms with Gasteiger partial charge in [-0.15, -0.1) is 0 Å². The predicted molar refractivity (Wildman–Crippen MR) is 185 cm³/mol. The molecule has 0 aliphatic heterocycles. The maximum atomic E-state index is 12.4. The Kier molecular flexibility index (Phi) is 33.3. The van der Waals surface area contributed by atoms with E-state index in [4.69, 9.17) is 0 Å². The van der Waals surface area contributed by atoms with Crippen molar-refractivity contribution in [2.75, 3.05) is 6.61 Å². The third-order valence-corrected chi connectivity index (χ3v) is 8.82. The molecule has 0 aliphatic rings. The van der Waals surface area contributed by atoms with E-state index in [1.807, 2.05) is 6.08 Å². The zero-order valence-electron chi connectivity index (χ0n) is 28.8. The van der Waals surface area contributed by atoms with Gasteiger partial charge < -0.3 is 20.6 Å². The minimum Gasteiger partial charge on any atom is -0.394 e. The van der Waals surface area contributed by atoms with E-state index >= 15 is 0 Å². The van der Waals surface area contributed by atoms with Gasteiger partial charge in [-0.05, 0) is 19.3 Å². The molecule has 5 heteroatoms. The van der Waals surface area contributed by atoms with E-state index in [1.54, 1.807) is 6.08 Å². The van der Waals surface area contributed by atoms with E-state index in [0.29, 0.717) is 6.42 Å². The number of hydrogen-bond donors (Lipinski definition) is 4. The molecule has 43 heavy (non-hydrogen) atoms. The Labute approximate surface area is 268 Å². The second-order valence-corrected chi connectivity index (χ2v) is 13.2. The highest BCUT2D eigenvalue weighted by Gasteiger charge is 2.20. The molecule has 256 valence electrons. The van der Waals surface area contributed by atoms with Crippen LogP contribution in [0, 0.1) is 0 Å². The van der Waals surface area contributed by atoms with Crippen LogP contribution in [0.1, 0.15) is 200 Å². The fraction of sp³-hybridized carbons (Fsp3) is 0.921. The van der Waals surface area contributed by atoms with Gasteiger partial charge in [-0.2, -0.15) is 0 Å². The van der Waals surface area contributed by atoms with Crippen LogP contribution in [0.15, 0.2) is 12.2 Å². The van der Waals surface area contributed by atoms with E-state index in [2.05, 4.69) is 19.2 Å². The molecule has 0 fully saturated rings. The van der Waals surface area contributed by atoms with Crippen LogP contribution in [-0.2, 0) is 4.79 Å². The van der Waals surface area contributed by atoms with Gasteiger partial charge in [0.25, 0.3) is 0 Å². The molecule has 3 atom stereocenters. The molecule has 4 N–H and O–H groups in total. The van der Waals surface area contributed by atoms with E-state index in [0.717, 1.165) is 25.7 Å². The monoisotopic (exact) mass is 610 g/mol. The largest absolute Gasteiger partial charge is 0.394 e.